The van der Waals surface area contributed by atoms with E-state index in [0.717, 1.165) is 34.4 Å². The van der Waals surface area contributed by atoms with Crippen molar-refractivity contribution in [1.29, 1.82) is 0 Å². The van der Waals surface area contributed by atoms with Gasteiger partial charge < -0.3 is 15.2 Å². The fourth-order valence-electron chi connectivity index (χ4n) is 3.62. The van der Waals surface area contributed by atoms with Crippen LogP contribution in [0.3, 0.4) is 0 Å². The summed E-state index contributed by atoms with van der Waals surface area (Å²) in [6, 6.07) is 13.9. The third-order valence-electron chi connectivity index (χ3n) is 4.94. The lowest BCUT2D eigenvalue weighted by Crippen LogP contribution is -2.25. The van der Waals surface area contributed by atoms with Crippen molar-refractivity contribution in [2.24, 2.45) is 0 Å². The largest absolute Gasteiger partial charge is 0.361 e. The predicted octanol–water partition coefficient (Wildman–Crippen LogP) is 3.65. The lowest BCUT2D eigenvalue weighted by Gasteiger charge is -2.15. The van der Waals surface area contributed by atoms with Crippen LogP contribution in [0.25, 0.3) is 10.9 Å². The van der Waals surface area contributed by atoms with E-state index in [2.05, 4.69) is 16.4 Å². The van der Waals surface area contributed by atoms with E-state index in [9.17, 15) is 9.59 Å². The van der Waals surface area contributed by atoms with E-state index in [4.69, 9.17) is 0 Å². The highest BCUT2D eigenvalue weighted by Gasteiger charge is 2.22. The first-order chi connectivity index (χ1) is 12.6. The Balaban J connectivity index is 1.40. The first kappa shape index (κ1) is 16.4. The molecule has 0 spiro atoms. The van der Waals surface area contributed by atoms with Crippen molar-refractivity contribution >= 4 is 34.1 Å². The Kier molecular flexibility index (Phi) is 4.21. The number of amides is 2. The van der Waals surface area contributed by atoms with Gasteiger partial charge in [0.25, 0.3) is 0 Å². The Morgan fingerprint density at radius 1 is 1.19 bits per heavy atom. The zero-order valence-electron chi connectivity index (χ0n) is 14.7. The Hall–Kier alpha value is -3.08. The molecular formula is C21H21N3O2. The van der Waals surface area contributed by atoms with Gasteiger partial charge in [-0.15, -0.1) is 0 Å². The van der Waals surface area contributed by atoms with Crippen LogP contribution in [0.15, 0.2) is 48.7 Å². The third-order valence-corrected chi connectivity index (χ3v) is 4.94. The van der Waals surface area contributed by atoms with Crippen molar-refractivity contribution in [2.45, 2.75) is 26.2 Å². The first-order valence-electron chi connectivity index (χ1n) is 8.88. The smallest absolute Gasteiger partial charge is 0.224 e. The molecule has 5 heteroatoms. The van der Waals surface area contributed by atoms with Crippen LogP contribution in [0, 0.1) is 0 Å². The van der Waals surface area contributed by atoms with Gasteiger partial charge in [0.15, 0.2) is 0 Å². The van der Waals surface area contributed by atoms with Crippen molar-refractivity contribution in [1.82, 2.24) is 4.98 Å². The van der Waals surface area contributed by atoms with E-state index in [1.54, 1.807) is 11.8 Å². The molecule has 2 N–H and O–H groups in total. The molecular weight excluding hydrogens is 326 g/mol. The number of para-hydroxylation sites is 1. The second kappa shape index (κ2) is 6.67. The molecule has 2 amide bonds. The number of aryl methyl sites for hydroxylation is 1. The fourth-order valence-corrected chi connectivity index (χ4v) is 3.62. The fraction of sp³-hybridized carbons (Fsp3) is 0.238. The van der Waals surface area contributed by atoms with Crippen molar-refractivity contribution in [3.8, 4) is 0 Å². The number of benzene rings is 2. The van der Waals surface area contributed by atoms with Crippen molar-refractivity contribution < 1.29 is 9.59 Å². The number of aromatic amines is 1. The number of nitrogens with one attached hydrogen (secondary N) is 2. The summed E-state index contributed by atoms with van der Waals surface area (Å²) in [5, 5.41) is 4.14. The molecule has 0 fully saturated rings. The molecule has 0 saturated heterocycles. The van der Waals surface area contributed by atoms with Crippen molar-refractivity contribution in [3.05, 3.63) is 59.8 Å². The van der Waals surface area contributed by atoms with Crippen LogP contribution in [0.4, 0.5) is 11.4 Å². The van der Waals surface area contributed by atoms with Crippen LogP contribution >= 0.6 is 0 Å². The van der Waals surface area contributed by atoms with E-state index in [0.29, 0.717) is 19.4 Å². The van der Waals surface area contributed by atoms with Crippen molar-refractivity contribution in [3.63, 3.8) is 0 Å². The van der Waals surface area contributed by atoms with Gasteiger partial charge in [0.2, 0.25) is 11.8 Å². The van der Waals surface area contributed by atoms with Gasteiger partial charge in [-0.2, -0.15) is 0 Å². The summed E-state index contributed by atoms with van der Waals surface area (Å²) in [4.78, 5) is 29.0. The summed E-state index contributed by atoms with van der Waals surface area (Å²) in [5.41, 5.74) is 5.10. The van der Waals surface area contributed by atoms with Crippen LogP contribution in [0.1, 0.15) is 24.5 Å². The van der Waals surface area contributed by atoms with Crippen LogP contribution in [0.2, 0.25) is 0 Å². The zero-order valence-corrected chi connectivity index (χ0v) is 14.7. The number of H-pyrrole nitrogens is 1. The lowest BCUT2D eigenvalue weighted by atomic mass is 10.1. The minimum Gasteiger partial charge on any atom is -0.361 e. The van der Waals surface area contributed by atoms with Crippen LogP contribution in [-0.4, -0.2) is 23.3 Å². The summed E-state index contributed by atoms with van der Waals surface area (Å²) < 4.78 is 0. The average Bonchev–Trinajstić information content (AvgIpc) is 3.23. The summed E-state index contributed by atoms with van der Waals surface area (Å²) in [7, 11) is 0. The molecule has 132 valence electrons. The van der Waals surface area contributed by atoms with E-state index in [1.165, 1.54) is 5.39 Å². The number of hydrogen-bond acceptors (Lipinski definition) is 2. The highest BCUT2D eigenvalue weighted by atomic mass is 16.2. The number of carbonyl (C=O) groups is 2. The van der Waals surface area contributed by atoms with Crippen LogP contribution < -0.4 is 10.2 Å². The van der Waals surface area contributed by atoms with Gasteiger partial charge in [-0.3, -0.25) is 9.59 Å². The molecule has 4 rings (SSSR count). The van der Waals surface area contributed by atoms with Gasteiger partial charge in [-0.25, -0.2) is 0 Å². The maximum atomic E-state index is 12.3. The van der Waals surface area contributed by atoms with Gasteiger partial charge in [-0.1, -0.05) is 18.2 Å². The monoisotopic (exact) mass is 347 g/mol. The minimum atomic E-state index is -0.00310. The Bertz CT molecular complexity index is 990. The van der Waals surface area contributed by atoms with Gasteiger partial charge in [0.1, 0.15) is 0 Å². The second-order valence-electron chi connectivity index (χ2n) is 6.67. The Morgan fingerprint density at radius 2 is 2.04 bits per heavy atom. The normalized spacial score (nSPS) is 13.0. The highest BCUT2D eigenvalue weighted by molar-refractivity contribution is 5.95. The Labute approximate surface area is 152 Å². The molecule has 0 aliphatic carbocycles. The number of carbonyl (C=O) groups excluding carboxylic acids is 2. The van der Waals surface area contributed by atoms with E-state index >= 15 is 0 Å². The standard InChI is InChI=1S/C21H21N3O2/c1-14(25)24-11-10-15-12-17(7-8-20(15)24)23-21(26)9-6-16-13-22-19-5-3-2-4-18(16)19/h2-5,7-8,12-13,22H,6,9-11H2,1H3,(H,23,26). The molecule has 26 heavy (non-hydrogen) atoms. The topological polar surface area (TPSA) is 65.2 Å². The van der Waals surface area contributed by atoms with Crippen molar-refractivity contribution in [2.75, 3.05) is 16.8 Å². The van der Waals surface area contributed by atoms with Crippen LogP contribution in [0.5, 0.6) is 0 Å². The number of anilines is 2. The summed E-state index contributed by atoms with van der Waals surface area (Å²) in [6.45, 7) is 2.29. The zero-order chi connectivity index (χ0) is 18.1. The van der Waals surface area contributed by atoms with E-state index < -0.39 is 0 Å². The molecule has 0 bridgehead atoms. The van der Waals surface area contributed by atoms with Gasteiger partial charge in [-0.05, 0) is 48.2 Å². The maximum absolute atomic E-state index is 12.3. The lowest BCUT2D eigenvalue weighted by molar-refractivity contribution is -0.117. The number of aromatic nitrogens is 1. The van der Waals surface area contributed by atoms with Gasteiger partial charge in [0, 0.05) is 48.4 Å². The SMILES string of the molecule is CC(=O)N1CCc2cc(NC(=O)CCc3c[nH]c4ccccc34)ccc21. The minimum absolute atomic E-state index is 0.00310. The first-order valence-corrected chi connectivity index (χ1v) is 8.88. The second-order valence-corrected chi connectivity index (χ2v) is 6.67. The molecule has 0 unspecified atom stereocenters. The van der Waals surface area contributed by atoms with Gasteiger partial charge in [0.05, 0.1) is 0 Å². The number of hydrogen-bond donors (Lipinski definition) is 2. The molecule has 1 aliphatic heterocycles. The summed E-state index contributed by atoms with van der Waals surface area (Å²) >= 11 is 0. The van der Waals surface area contributed by atoms with E-state index in [1.807, 2.05) is 42.6 Å². The van der Waals surface area contributed by atoms with Gasteiger partial charge >= 0.3 is 0 Å². The number of nitrogens with zero attached hydrogens (tertiary/aromatic N) is 1. The van der Waals surface area contributed by atoms with Crippen LogP contribution in [-0.2, 0) is 22.4 Å². The maximum Gasteiger partial charge on any atom is 0.224 e. The molecule has 5 nitrogen and oxygen atoms in total. The summed E-state index contributed by atoms with van der Waals surface area (Å²) in [5.74, 6) is 0.0518. The average molecular weight is 347 g/mol. The Morgan fingerprint density at radius 3 is 2.88 bits per heavy atom. The molecule has 3 aromatic rings. The molecule has 2 aromatic carbocycles. The molecule has 1 aromatic heterocycles. The quantitative estimate of drug-likeness (QED) is 0.757. The molecule has 0 saturated carbocycles. The summed E-state index contributed by atoms with van der Waals surface area (Å²) in [6.07, 6.45) is 3.93. The molecule has 2 heterocycles. The molecule has 0 radical (unpaired) electrons. The molecule has 1 aliphatic rings. The number of fused-ring (bicyclic) bond motifs is 2. The highest BCUT2D eigenvalue weighted by Crippen LogP contribution is 2.30. The number of rotatable bonds is 4. The third kappa shape index (κ3) is 3.08. The predicted molar refractivity (Wildman–Crippen MR) is 103 cm³/mol. The van der Waals surface area contributed by atoms with E-state index in [-0.39, 0.29) is 11.8 Å². The molecule has 0 atom stereocenters.